The first kappa shape index (κ1) is 12.2. The molecule has 0 bridgehead atoms. The van der Waals surface area contributed by atoms with E-state index < -0.39 is 0 Å². The molecule has 0 saturated carbocycles. The molecule has 0 unspecified atom stereocenters. The van der Waals surface area contributed by atoms with Crippen LogP contribution in [0.15, 0.2) is 24.3 Å². The number of benzene rings is 1. The van der Waals surface area contributed by atoms with E-state index in [9.17, 15) is 0 Å². The van der Waals surface area contributed by atoms with Gasteiger partial charge in [0.05, 0.1) is 5.39 Å². The highest BCUT2D eigenvalue weighted by atomic mass is 15.2. The summed E-state index contributed by atoms with van der Waals surface area (Å²) in [5.41, 5.74) is 11.6. The Bertz CT molecular complexity index is 834. The van der Waals surface area contributed by atoms with Crippen molar-refractivity contribution < 1.29 is 0 Å². The van der Waals surface area contributed by atoms with Gasteiger partial charge in [-0.15, -0.1) is 0 Å². The van der Waals surface area contributed by atoms with Gasteiger partial charge in [-0.05, 0) is 55.0 Å². The van der Waals surface area contributed by atoms with Gasteiger partial charge in [-0.3, -0.25) is 5.10 Å². The lowest BCUT2D eigenvalue weighted by Crippen LogP contribution is -2.00. The maximum Gasteiger partial charge on any atom is 0.185 e. The van der Waals surface area contributed by atoms with E-state index >= 15 is 0 Å². The van der Waals surface area contributed by atoms with Gasteiger partial charge < -0.3 is 11.1 Å². The number of H-pyrrole nitrogens is 1. The van der Waals surface area contributed by atoms with Gasteiger partial charge in [-0.25, -0.2) is 4.98 Å². The van der Waals surface area contributed by atoms with Crippen LogP contribution in [0.3, 0.4) is 0 Å². The summed E-state index contributed by atoms with van der Waals surface area (Å²) in [6.45, 7) is 2.03. The van der Waals surface area contributed by atoms with E-state index in [4.69, 9.17) is 5.73 Å². The fraction of sp³-hybridized carbons (Fsp3) is 0.250. The Morgan fingerprint density at radius 3 is 3.10 bits per heavy atom. The molecule has 1 aliphatic carbocycles. The van der Waals surface area contributed by atoms with Crippen molar-refractivity contribution in [2.75, 3.05) is 11.1 Å². The number of fused-ring (bicyclic) bond motifs is 2. The van der Waals surface area contributed by atoms with Crippen LogP contribution >= 0.6 is 0 Å². The highest BCUT2D eigenvalue weighted by Gasteiger charge is 2.16. The van der Waals surface area contributed by atoms with Crippen LogP contribution in [0.4, 0.5) is 17.3 Å². The number of rotatable bonds is 2. The number of hydrogen-bond acceptors (Lipinski definition) is 4. The summed E-state index contributed by atoms with van der Waals surface area (Å²) in [6.07, 6.45) is 3.54. The Balaban J connectivity index is 1.78. The molecule has 21 heavy (non-hydrogen) atoms. The van der Waals surface area contributed by atoms with Gasteiger partial charge in [-0.2, -0.15) is 5.10 Å². The van der Waals surface area contributed by atoms with Crippen molar-refractivity contribution in [1.29, 1.82) is 0 Å². The molecule has 106 valence electrons. The van der Waals surface area contributed by atoms with Crippen LogP contribution in [-0.4, -0.2) is 15.2 Å². The zero-order valence-corrected chi connectivity index (χ0v) is 11.9. The van der Waals surface area contributed by atoms with Crippen LogP contribution in [-0.2, 0) is 12.8 Å². The minimum Gasteiger partial charge on any atom is -0.384 e. The lowest BCUT2D eigenvalue weighted by Gasteiger charge is -2.12. The fourth-order valence-electron chi connectivity index (χ4n) is 3.05. The Labute approximate surface area is 122 Å². The van der Waals surface area contributed by atoms with E-state index in [2.05, 4.69) is 38.7 Å². The molecule has 5 nitrogen and oxygen atoms in total. The first-order valence-electron chi connectivity index (χ1n) is 7.21. The van der Waals surface area contributed by atoms with Gasteiger partial charge in [0.1, 0.15) is 11.6 Å². The third-order valence-corrected chi connectivity index (χ3v) is 4.16. The second-order valence-corrected chi connectivity index (χ2v) is 5.58. The maximum atomic E-state index is 5.84. The molecule has 1 aromatic carbocycles. The van der Waals surface area contributed by atoms with Crippen molar-refractivity contribution in [3.63, 3.8) is 0 Å². The summed E-state index contributed by atoms with van der Waals surface area (Å²) >= 11 is 0. The molecule has 0 fully saturated rings. The Morgan fingerprint density at radius 1 is 1.29 bits per heavy atom. The van der Waals surface area contributed by atoms with E-state index in [0.717, 1.165) is 28.9 Å². The Hall–Kier alpha value is -2.56. The van der Waals surface area contributed by atoms with E-state index in [1.807, 2.05) is 13.0 Å². The Morgan fingerprint density at radius 2 is 2.19 bits per heavy atom. The number of nitrogen functional groups attached to an aromatic ring is 1. The number of nitrogens with zero attached hydrogens (tertiary/aromatic N) is 2. The van der Waals surface area contributed by atoms with Crippen molar-refractivity contribution in [2.24, 2.45) is 0 Å². The minimum atomic E-state index is 0.563. The molecule has 0 atom stereocenters. The molecule has 4 N–H and O–H groups in total. The molecular formula is C16H17N5. The Kier molecular flexibility index (Phi) is 2.60. The van der Waals surface area contributed by atoms with E-state index in [-0.39, 0.29) is 0 Å². The molecule has 2 heterocycles. The topological polar surface area (TPSA) is 79.6 Å². The maximum absolute atomic E-state index is 5.84. The summed E-state index contributed by atoms with van der Waals surface area (Å²) < 4.78 is 0. The molecule has 1 aliphatic rings. The SMILES string of the molecule is Cc1cc2c(N)[nH]nc2nc1Nc1cccc2c1CCC2. The highest BCUT2D eigenvalue weighted by Crippen LogP contribution is 2.32. The monoisotopic (exact) mass is 279 g/mol. The minimum absolute atomic E-state index is 0.563. The third-order valence-electron chi connectivity index (χ3n) is 4.16. The molecule has 0 saturated heterocycles. The third kappa shape index (κ3) is 1.93. The van der Waals surface area contributed by atoms with Gasteiger partial charge in [-0.1, -0.05) is 12.1 Å². The number of pyridine rings is 1. The number of aromatic amines is 1. The number of nitrogens with one attached hydrogen (secondary N) is 2. The molecular weight excluding hydrogens is 262 g/mol. The van der Waals surface area contributed by atoms with Crippen molar-refractivity contribution in [3.05, 3.63) is 41.0 Å². The van der Waals surface area contributed by atoms with Crippen molar-refractivity contribution in [1.82, 2.24) is 15.2 Å². The van der Waals surface area contributed by atoms with Crippen LogP contribution in [0.1, 0.15) is 23.1 Å². The molecule has 0 radical (unpaired) electrons. The smallest absolute Gasteiger partial charge is 0.185 e. The molecule has 3 aromatic rings. The summed E-state index contributed by atoms with van der Waals surface area (Å²) in [6, 6.07) is 8.46. The van der Waals surface area contributed by atoms with Crippen LogP contribution in [0, 0.1) is 6.92 Å². The quantitative estimate of drug-likeness (QED) is 0.673. The van der Waals surface area contributed by atoms with Crippen LogP contribution in [0.2, 0.25) is 0 Å². The second kappa shape index (κ2) is 4.48. The van der Waals surface area contributed by atoms with Gasteiger partial charge >= 0.3 is 0 Å². The van der Waals surface area contributed by atoms with Gasteiger partial charge in [0.25, 0.3) is 0 Å². The van der Waals surface area contributed by atoms with Gasteiger partial charge in [0.15, 0.2) is 5.65 Å². The number of anilines is 3. The zero-order chi connectivity index (χ0) is 14.4. The largest absolute Gasteiger partial charge is 0.384 e. The molecule has 5 heteroatoms. The molecule has 0 spiro atoms. The van der Waals surface area contributed by atoms with Gasteiger partial charge in [0.2, 0.25) is 0 Å². The van der Waals surface area contributed by atoms with Crippen LogP contribution in [0.25, 0.3) is 11.0 Å². The molecule has 0 aliphatic heterocycles. The number of hydrogen-bond donors (Lipinski definition) is 3. The van der Waals surface area contributed by atoms with Crippen molar-refractivity contribution in [2.45, 2.75) is 26.2 Å². The standard InChI is InChI=1S/C16H17N5/c1-9-8-12-14(17)20-21-16(12)19-15(9)18-13-7-3-5-10-4-2-6-11(10)13/h3,5,7-8H,2,4,6H2,1H3,(H4,17,18,19,20,21). The average molecular weight is 279 g/mol. The summed E-state index contributed by atoms with van der Waals surface area (Å²) in [4.78, 5) is 4.58. The zero-order valence-electron chi connectivity index (χ0n) is 11.9. The lowest BCUT2D eigenvalue weighted by atomic mass is 10.1. The van der Waals surface area contributed by atoms with Crippen LogP contribution in [0.5, 0.6) is 0 Å². The first-order valence-corrected chi connectivity index (χ1v) is 7.21. The predicted octanol–water partition coefficient (Wildman–Crippen LogP) is 3.08. The second-order valence-electron chi connectivity index (χ2n) is 5.58. The van der Waals surface area contributed by atoms with Crippen LogP contribution < -0.4 is 11.1 Å². The number of nitrogens with two attached hydrogens (primary N) is 1. The van der Waals surface area contributed by atoms with Gasteiger partial charge in [0, 0.05) is 5.69 Å². The average Bonchev–Trinajstić information content (AvgIpc) is 3.08. The number of aromatic nitrogens is 3. The highest BCUT2D eigenvalue weighted by molar-refractivity contribution is 5.88. The number of aryl methyl sites for hydroxylation is 2. The van der Waals surface area contributed by atoms with E-state index in [1.54, 1.807) is 0 Å². The van der Waals surface area contributed by atoms with E-state index in [1.165, 1.54) is 24.0 Å². The van der Waals surface area contributed by atoms with E-state index in [0.29, 0.717) is 11.5 Å². The predicted molar refractivity (Wildman–Crippen MR) is 84.8 cm³/mol. The summed E-state index contributed by atoms with van der Waals surface area (Å²) in [5, 5.41) is 11.2. The molecule has 0 amide bonds. The fourth-order valence-corrected chi connectivity index (χ4v) is 3.05. The van der Waals surface area contributed by atoms with Crippen molar-refractivity contribution >= 4 is 28.4 Å². The normalized spacial score (nSPS) is 13.6. The lowest BCUT2D eigenvalue weighted by molar-refractivity contribution is 0.912. The summed E-state index contributed by atoms with van der Waals surface area (Å²) in [5.74, 6) is 1.40. The first-order chi connectivity index (χ1) is 10.2. The molecule has 4 rings (SSSR count). The van der Waals surface area contributed by atoms with Crippen molar-refractivity contribution in [3.8, 4) is 0 Å². The summed E-state index contributed by atoms with van der Waals surface area (Å²) in [7, 11) is 0. The molecule has 2 aromatic heterocycles.